The monoisotopic (exact) mass is 296 g/mol. The molecular formula is C19H20O3. The molecule has 1 unspecified atom stereocenters. The highest BCUT2D eigenvalue weighted by molar-refractivity contribution is 5.75. The van der Waals surface area contributed by atoms with E-state index in [9.17, 15) is 9.90 Å². The molecule has 1 N–H and O–H groups in total. The minimum Gasteiger partial charge on any atom is -0.448 e. The van der Waals surface area contributed by atoms with Gasteiger partial charge in [-0.1, -0.05) is 55.5 Å². The van der Waals surface area contributed by atoms with Crippen molar-refractivity contribution in [1.82, 2.24) is 0 Å². The van der Waals surface area contributed by atoms with Crippen molar-refractivity contribution in [2.45, 2.75) is 38.4 Å². The van der Waals surface area contributed by atoms with Gasteiger partial charge in [-0.2, -0.15) is 0 Å². The highest BCUT2D eigenvalue weighted by Crippen LogP contribution is 2.47. The number of rotatable bonds is 2. The summed E-state index contributed by atoms with van der Waals surface area (Å²) in [5.74, 6) is -0.368. The minimum atomic E-state index is -1.14. The van der Waals surface area contributed by atoms with E-state index in [2.05, 4.69) is 19.1 Å². The smallest absolute Gasteiger partial charge is 0.335 e. The van der Waals surface area contributed by atoms with Gasteiger partial charge in [0.25, 0.3) is 0 Å². The maximum absolute atomic E-state index is 12.0. The van der Waals surface area contributed by atoms with Gasteiger partial charge in [0.15, 0.2) is 5.60 Å². The van der Waals surface area contributed by atoms with E-state index in [4.69, 9.17) is 4.74 Å². The molecular weight excluding hydrogens is 276 g/mol. The maximum atomic E-state index is 12.0. The summed E-state index contributed by atoms with van der Waals surface area (Å²) >= 11 is 0. The Morgan fingerprint density at radius 3 is 2.00 bits per heavy atom. The van der Waals surface area contributed by atoms with Crippen LogP contribution in [0.3, 0.4) is 0 Å². The highest BCUT2D eigenvalue weighted by atomic mass is 16.6. The molecule has 2 aromatic carbocycles. The molecule has 1 aliphatic rings. The number of aliphatic hydroxyl groups is 1. The molecule has 3 heteroatoms. The molecule has 0 fully saturated rings. The Kier molecular flexibility index (Phi) is 3.53. The minimum absolute atomic E-state index is 0.241. The van der Waals surface area contributed by atoms with Gasteiger partial charge in [-0.15, -0.1) is 0 Å². The molecule has 0 saturated heterocycles. The van der Waals surface area contributed by atoms with Gasteiger partial charge >= 0.3 is 5.97 Å². The number of carbonyl (C=O) groups excluding carboxylic acids is 1. The van der Waals surface area contributed by atoms with Gasteiger partial charge in [0.2, 0.25) is 0 Å². The summed E-state index contributed by atoms with van der Waals surface area (Å²) in [6.07, 6.45) is -1.14. The topological polar surface area (TPSA) is 46.5 Å². The molecule has 2 aromatic rings. The summed E-state index contributed by atoms with van der Waals surface area (Å²) in [5, 5.41) is 9.54. The molecule has 0 radical (unpaired) electrons. The van der Waals surface area contributed by atoms with Crippen LogP contribution in [0.25, 0.3) is 0 Å². The van der Waals surface area contributed by atoms with Gasteiger partial charge in [0, 0.05) is 17.0 Å². The lowest BCUT2D eigenvalue weighted by atomic mass is 9.71. The lowest BCUT2D eigenvalue weighted by Crippen LogP contribution is -2.38. The van der Waals surface area contributed by atoms with Gasteiger partial charge in [-0.25, -0.2) is 4.79 Å². The van der Waals surface area contributed by atoms with Crippen molar-refractivity contribution in [1.29, 1.82) is 0 Å². The number of ether oxygens (including phenoxy) is 1. The Bertz CT molecular complexity index is 671. The molecule has 1 aliphatic carbocycles. The van der Waals surface area contributed by atoms with Crippen molar-refractivity contribution in [3.63, 3.8) is 0 Å². The summed E-state index contributed by atoms with van der Waals surface area (Å²) in [6.45, 7) is 5.49. The van der Waals surface area contributed by atoms with Crippen LogP contribution >= 0.6 is 0 Å². The number of hydrogen-bond donors (Lipinski definition) is 1. The van der Waals surface area contributed by atoms with Crippen LogP contribution in [0.5, 0.6) is 0 Å². The fourth-order valence-corrected chi connectivity index (χ4v) is 3.33. The first-order valence-corrected chi connectivity index (χ1v) is 7.55. The second-order valence-corrected chi connectivity index (χ2v) is 6.03. The normalized spacial score (nSPS) is 24.1. The van der Waals surface area contributed by atoms with E-state index in [0.717, 1.165) is 22.3 Å². The number of benzene rings is 2. The first kappa shape index (κ1) is 14.8. The molecule has 0 amide bonds. The van der Waals surface area contributed by atoms with E-state index < -0.39 is 17.7 Å². The van der Waals surface area contributed by atoms with Gasteiger partial charge < -0.3 is 9.84 Å². The second-order valence-electron chi connectivity index (χ2n) is 6.03. The molecule has 22 heavy (non-hydrogen) atoms. The predicted octanol–water partition coefficient (Wildman–Crippen LogP) is 3.34. The maximum Gasteiger partial charge on any atom is 0.335 e. The summed E-state index contributed by atoms with van der Waals surface area (Å²) in [5.41, 5.74) is 3.39. The Labute approximate surface area is 130 Å². The number of carbonyl (C=O) groups is 1. The van der Waals surface area contributed by atoms with Crippen molar-refractivity contribution < 1.29 is 14.6 Å². The van der Waals surface area contributed by atoms with E-state index in [1.165, 1.54) is 6.92 Å². The lowest BCUT2D eigenvalue weighted by molar-refractivity contribution is -0.164. The Morgan fingerprint density at radius 1 is 1.09 bits per heavy atom. The van der Waals surface area contributed by atoms with E-state index in [1.807, 2.05) is 43.3 Å². The molecule has 1 atom stereocenters. The standard InChI is InChI=1S/C19H20O3/c1-12-14-8-4-6-10-16(14)19(3,22-18(21)13(2)20)17-11-7-5-9-15(12)17/h4-13,20H,1-3H3. The number of aliphatic hydroxyl groups excluding tert-OH is 1. The van der Waals surface area contributed by atoms with E-state index >= 15 is 0 Å². The van der Waals surface area contributed by atoms with Gasteiger partial charge in [0.05, 0.1) is 0 Å². The fourth-order valence-electron chi connectivity index (χ4n) is 3.33. The molecule has 0 spiro atoms. The third-order valence-corrected chi connectivity index (χ3v) is 4.53. The van der Waals surface area contributed by atoms with E-state index in [-0.39, 0.29) is 5.92 Å². The molecule has 0 aliphatic heterocycles. The van der Waals surface area contributed by atoms with Gasteiger partial charge in [-0.05, 0) is 25.0 Å². The van der Waals surface area contributed by atoms with E-state index in [0.29, 0.717) is 0 Å². The van der Waals surface area contributed by atoms with Crippen LogP contribution in [0, 0.1) is 0 Å². The van der Waals surface area contributed by atoms with Crippen LogP contribution in [-0.4, -0.2) is 17.2 Å². The largest absolute Gasteiger partial charge is 0.448 e. The van der Waals surface area contributed by atoms with Crippen LogP contribution in [-0.2, 0) is 15.1 Å². The average Bonchev–Trinajstić information content (AvgIpc) is 2.53. The van der Waals surface area contributed by atoms with Crippen LogP contribution < -0.4 is 0 Å². The molecule has 114 valence electrons. The predicted molar refractivity (Wildman–Crippen MR) is 84.6 cm³/mol. The first-order chi connectivity index (χ1) is 10.4. The average molecular weight is 296 g/mol. The SMILES string of the molecule is CC(O)C(=O)OC1(C)c2ccccc2C(C)c2ccccc21. The van der Waals surface area contributed by atoms with Crippen molar-refractivity contribution >= 4 is 5.97 Å². The quantitative estimate of drug-likeness (QED) is 0.865. The summed E-state index contributed by atoms with van der Waals surface area (Å²) in [6, 6.07) is 16.0. The van der Waals surface area contributed by atoms with Crippen molar-refractivity contribution in [3.8, 4) is 0 Å². The number of esters is 1. The van der Waals surface area contributed by atoms with Crippen molar-refractivity contribution in [2.75, 3.05) is 0 Å². The highest BCUT2D eigenvalue weighted by Gasteiger charge is 2.42. The molecule has 0 aromatic heterocycles. The van der Waals surface area contributed by atoms with Crippen LogP contribution in [0.2, 0.25) is 0 Å². The molecule has 0 heterocycles. The number of hydrogen-bond acceptors (Lipinski definition) is 3. The van der Waals surface area contributed by atoms with Gasteiger partial charge in [0.1, 0.15) is 6.10 Å². The lowest BCUT2D eigenvalue weighted by Gasteiger charge is -2.40. The van der Waals surface area contributed by atoms with Crippen LogP contribution in [0.1, 0.15) is 48.9 Å². The fraction of sp³-hybridized carbons (Fsp3) is 0.316. The number of fused-ring (bicyclic) bond motifs is 2. The second kappa shape index (κ2) is 5.25. The summed E-state index contributed by atoms with van der Waals surface area (Å²) in [4.78, 5) is 12.0. The molecule has 3 nitrogen and oxygen atoms in total. The Hall–Kier alpha value is -2.13. The Morgan fingerprint density at radius 2 is 1.55 bits per heavy atom. The summed E-state index contributed by atoms with van der Waals surface area (Å²) in [7, 11) is 0. The van der Waals surface area contributed by atoms with Crippen LogP contribution in [0.15, 0.2) is 48.5 Å². The Balaban J connectivity index is 2.21. The zero-order valence-electron chi connectivity index (χ0n) is 13.0. The van der Waals surface area contributed by atoms with Crippen molar-refractivity contribution in [2.24, 2.45) is 0 Å². The zero-order valence-corrected chi connectivity index (χ0v) is 13.0. The van der Waals surface area contributed by atoms with Crippen molar-refractivity contribution in [3.05, 3.63) is 70.8 Å². The molecule has 3 rings (SSSR count). The van der Waals surface area contributed by atoms with Crippen LogP contribution in [0.4, 0.5) is 0 Å². The molecule has 0 saturated carbocycles. The summed E-state index contributed by atoms with van der Waals surface area (Å²) < 4.78 is 5.75. The zero-order chi connectivity index (χ0) is 15.9. The first-order valence-electron chi connectivity index (χ1n) is 7.55. The molecule has 0 bridgehead atoms. The third-order valence-electron chi connectivity index (χ3n) is 4.53. The third kappa shape index (κ3) is 2.13. The van der Waals surface area contributed by atoms with E-state index in [1.54, 1.807) is 0 Å². The van der Waals surface area contributed by atoms with Gasteiger partial charge in [-0.3, -0.25) is 0 Å².